The largest absolute Gasteiger partial charge is 0.266 e. The van der Waals surface area contributed by atoms with Crippen LogP contribution in [-0.2, 0) is 0 Å². The molecule has 1 saturated carbocycles. The summed E-state index contributed by atoms with van der Waals surface area (Å²) in [6.07, 6.45) is -2.42. The van der Waals surface area contributed by atoms with Crippen molar-refractivity contribution in [2.45, 2.75) is 90.9 Å². The van der Waals surface area contributed by atoms with Crippen LogP contribution in [0.1, 0.15) is 101 Å². The molecule has 0 aromatic heterocycles. The van der Waals surface area contributed by atoms with Crippen LogP contribution in [0.15, 0.2) is 64.4 Å². The van der Waals surface area contributed by atoms with E-state index in [4.69, 9.17) is 4.99 Å². The molecule has 2 nitrogen and oxygen atoms in total. The average Bonchev–Trinajstić information content (AvgIpc) is 3.45. The highest BCUT2D eigenvalue weighted by Crippen LogP contribution is 2.64. The molecule has 0 aliphatic heterocycles. The van der Waals surface area contributed by atoms with Crippen molar-refractivity contribution in [2.75, 3.05) is 3.11 Å². The third kappa shape index (κ3) is 4.92. The minimum atomic E-state index is -3.07. The highest BCUT2D eigenvalue weighted by atomic mass is 127. The van der Waals surface area contributed by atoms with Crippen LogP contribution < -0.4 is 3.11 Å². The first-order valence-corrected chi connectivity index (χ1v) is 14.7. The van der Waals surface area contributed by atoms with E-state index in [-0.39, 0.29) is 29.5 Å². The lowest BCUT2D eigenvalue weighted by Gasteiger charge is -2.31. The predicted octanol–water partition coefficient (Wildman–Crippen LogP) is 11.1. The second-order valence-electron chi connectivity index (χ2n) is 11.9. The van der Waals surface area contributed by atoms with Crippen molar-refractivity contribution in [3.63, 3.8) is 0 Å². The van der Waals surface area contributed by atoms with E-state index in [2.05, 4.69) is 0 Å². The maximum absolute atomic E-state index is 16.3. The van der Waals surface area contributed by atoms with Gasteiger partial charge in [0, 0.05) is 0 Å². The van der Waals surface area contributed by atoms with Crippen LogP contribution in [0.4, 0.5) is 33.3 Å². The Labute approximate surface area is 247 Å². The standard InChI is InChI=1S/C32H36F5IN2/c1-15(2)19-11-9-12-20(16(3)4)28(19)39-31(24-26(34)27(35)25(33)23-30(36)32(23,24)37)40(38)29-21(17(5)6)13-10-14-22(29)18(7)8/h9-18,23,30H,1-8H3. The zero-order chi connectivity index (χ0) is 29.8. The number of hydrogen-bond donors (Lipinski definition) is 0. The highest BCUT2D eigenvalue weighted by Gasteiger charge is 2.76. The number of hydrogen-bond acceptors (Lipinski definition) is 1. The predicted molar refractivity (Wildman–Crippen MR) is 162 cm³/mol. The number of rotatable bonds is 7. The number of para-hydroxylation sites is 2. The quantitative estimate of drug-likeness (QED) is 0.0941. The summed E-state index contributed by atoms with van der Waals surface area (Å²) >= 11 is 1.92. The Hall–Kier alpha value is -2.23. The van der Waals surface area contributed by atoms with Gasteiger partial charge in [0.1, 0.15) is 5.83 Å². The summed E-state index contributed by atoms with van der Waals surface area (Å²) in [7, 11) is 0. The number of anilines is 1. The highest BCUT2D eigenvalue weighted by molar-refractivity contribution is 14.1. The van der Waals surface area contributed by atoms with E-state index < -0.39 is 40.8 Å². The number of halogens is 6. The zero-order valence-corrected chi connectivity index (χ0v) is 26.2. The van der Waals surface area contributed by atoms with E-state index in [1.165, 1.54) is 3.11 Å². The molecule has 2 aromatic carbocycles. The van der Waals surface area contributed by atoms with Crippen molar-refractivity contribution in [3.05, 3.63) is 81.7 Å². The number of aliphatic imine (C=N–C) groups is 1. The molecule has 1 fully saturated rings. The Balaban J connectivity index is 2.14. The molecule has 0 amide bonds. The molecule has 0 radical (unpaired) electrons. The van der Waals surface area contributed by atoms with Crippen molar-refractivity contribution in [2.24, 2.45) is 10.9 Å². The second-order valence-corrected chi connectivity index (χ2v) is 12.9. The summed E-state index contributed by atoms with van der Waals surface area (Å²) in [5.74, 6) is -7.64. The zero-order valence-electron chi connectivity index (χ0n) is 24.1. The van der Waals surface area contributed by atoms with Crippen LogP contribution in [0, 0.1) is 5.92 Å². The fourth-order valence-corrected chi connectivity index (χ4v) is 6.41. The van der Waals surface area contributed by atoms with Gasteiger partial charge >= 0.3 is 0 Å². The van der Waals surface area contributed by atoms with Gasteiger partial charge in [-0.05, 0) is 45.9 Å². The molecule has 0 saturated heterocycles. The van der Waals surface area contributed by atoms with Gasteiger partial charge in [0.2, 0.25) is 0 Å². The maximum atomic E-state index is 16.3. The summed E-state index contributed by atoms with van der Waals surface area (Å²) in [5.41, 5.74) is 0.588. The van der Waals surface area contributed by atoms with Gasteiger partial charge in [-0.3, -0.25) is 3.11 Å². The first kappa shape index (κ1) is 30.7. The van der Waals surface area contributed by atoms with Gasteiger partial charge in [0.25, 0.3) is 0 Å². The first-order valence-electron chi connectivity index (χ1n) is 13.7. The molecule has 3 atom stereocenters. The second kappa shape index (κ2) is 11.2. The van der Waals surface area contributed by atoms with Crippen molar-refractivity contribution in [1.82, 2.24) is 0 Å². The van der Waals surface area contributed by atoms with E-state index in [1.807, 2.05) is 115 Å². The Kier molecular flexibility index (Phi) is 8.61. The molecule has 2 aliphatic rings. The smallest absolute Gasteiger partial charge is 0.191 e. The molecule has 2 aliphatic carbocycles. The Bertz CT molecular complexity index is 1360. The van der Waals surface area contributed by atoms with Gasteiger partial charge in [-0.2, -0.15) is 0 Å². The van der Waals surface area contributed by atoms with Crippen LogP contribution in [0.25, 0.3) is 0 Å². The van der Waals surface area contributed by atoms with Gasteiger partial charge in [-0.25, -0.2) is 26.9 Å². The van der Waals surface area contributed by atoms with E-state index >= 15 is 13.2 Å². The number of benzene rings is 2. The lowest BCUT2D eigenvalue weighted by atomic mass is 9.91. The molecule has 3 unspecified atom stereocenters. The minimum absolute atomic E-state index is 0.00303. The van der Waals surface area contributed by atoms with Crippen molar-refractivity contribution in [3.8, 4) is 0 Å². The van der Waals surface area contributed by atoms with Gasteiger partial charge < -0.3 is 0 Å². The van der Waals surface area contributed by atoms with Gasteiger partial charge in [0.15, 0.2) is 29.3 Å². The number of alkyl halides is 2. The molecule has 40 heavy (non-hydrogen) atoms. The SMILES string of the molecule is CC(C)c1cccc(C(C)C)c1N=C(C1=C(F)C(F)=C(F)C2C(F)C12F)N(I)c1c(C(C)C)cccc1C(C)C. The number of amidine groups is 1. The molecule has 0 N–H and O–H groups in total. The monoisotopic (exact) mass is 670 g/mol. The lowest BCUT2D eigenvalue weighted by Crippen LogP contribution is -2.33. The van der Waals surface area contributed by atoms with Gasteiger partial charge in [0.05, 0.1) is 45.7 Å². The molecular formula is C32H36F5IN2. The maximum Gasteiger partial charge on any atom is 0.191 e. The Morgan fingerprint density at radius 1 is 0.775 bits per heavy atom. The molecule has 8 heteroatoms. The summed E-state index contributed by atoms with van der Waals surface area (Å²) < 4.78 is 78.0. The molecule has 0 heterocycles. The van der Waals surface area contributed by atoms with Gasteiger partial charge in [-0.1, -0.05) is 91.8 Å². The van der Waals surface area contributed by atoms with Crippen LogP contribution in [0.5, 0.6) is 0 Å². The fourth-order valence-electron chi connectivity index (χ4n) is 5.50. The summed E-state index contributed by atoms with van der Waals surface area (Å²) in [4.78, 5) is 4.89. The Morgan fingerprint density at radius 2 is 1.20 bits per heavy atom. The topological polar surface area (TPSA) is 15.6 Å². The molecule has 0 bridgehead atoms. The van der Waals surface area contributed by atoms with E-state index in [0.717, 1.165) is 22.3 Å². The van der Waals surface area contributed by atoms with Crippen molar-refractivity contribution >= 4 is 40.1 Å². The molecular weight excluding hydrogens is 634 g/mol. The summed E-state index contributed by atoms with van der Waals surface area (Å²) in [5, 5.41) is 0. The number of fused-ring (bicyclic) bond motifs is 1. The van der Waals surface area contributed by atoms with Crippen molar-refractivity contribution < 1.29 is 22.0 Å². The third-order valence-electron chi connectivity index (χ3n) is 7.82. The summed E-state index contributed by atoms with van der Waals surface area (Å²) in [6.45, 7) is 15.9. The normalized spacial score (nSPS) is 23.2. The van der Waals surface area contributed by atoms with E-state index in [0.29, 0.717) is 11.4 Å². The van der Waals surface area contributed by atoms with Crippen LogP contribution in [-0.4, -0.2) is 17.7 Å². The van der Waals surface area contributed by atoms with Crippen LogP contribution in [0.2, 0.25) is 0 Å². The third-order valence-corrected chi connectivity index (χ3v) is 8.76. The van der Waals surface area contributed by atoms with Crippen molar-refractivity contribution in [1.29, 1.82) is 0 Å². The lowest BCUT2D eigenvalue weighted by molar-refractivity contribution is 0.278. The first-order chi connectivity index (χ1) is 18.7. The molecule has 216 valence electrons. The molecule has 0 spiro atoms. The number of nitrogens with zero attached hydrogens (tertiary/aromatic N) is 2. The van der Waals surface area contributed by atoms with Crippen LogP contribution >= 0.6 is 22.9 Å². The molecule has 2 aromatic rings. The van der Waals surface area contributed by atoms with Gasteiger partial charge in [-0.15, -0.1) is 0 Å². The fraction of sp³-hybridized carbons (Fsp3) is 0.469. The van der Waals surface area contributed by atoms with E-state index in [1.54, 1.807) is 0 Å². The average molecular weight is 671 g/mol. The Morgan fingerprint density at radius 3 is 1.62 bits per heavy atom. The number of allylic oxidation sites excluding steroid dienone is 3. The van der Waals surface area contributed by atoms with Crippen LogP contribution in [0.3, 0.4) is 0 Å². The van der Waals surface area contributed by atoms with E-state index in [9.17, 15) is 8.78 Å². The minimum Gasteiger partial charge on any atom is -0.266 e. The summed E-state index contributed by atoms with van der Waals surface area (Å²) in [6, 6.07) is 11.4. The molecule has 4 rings (SSSR count).